The molecule has 0 saturated carbocycles. The Morgan fingerprint density at radius 2 is 2.36 bits per heavy atom. The van der Waals surface area contributed by atoms with Crippen molar-refractivity contribution in [3.63, 3.8) is 0 Å². The van der Waals surface area contributed by atoms with Crippen LogP contribution in [0.25, 0.3) is 11.0 Å². The first kappa shape index (κ1) is 9.98. The van der Waals surface area contributed by atoms with Crippen LogP contribution >= 0.6 is 27.7 Å². The number of nitrogens with zero attached hydrogens (tertiary/aromatic N) is 3. The van der Waals surface area contributed by atoms with E-state index in [1.807, 2.05) is 28.7 Å². The summed E-state index contributed by atoms with van der Waals surface area (Å²) in [6, 6.07) is 1.98. The van der Waals surface area contributed by atoms with E-state index in [9.17, 15) is 0 Å². The highest BCUT2D eigenvalue weighted by atomic mass is 79.9. The predicted molar refractivity (Wildman–Crippen MR) is 63.4 cm³/mol. The van der Waals surface area contributed by atoms with Gasteiger partial charge in [-0.15, -0.1) is 11.8 Å². The van der Waals surface area contributed by atoms with Gasteiger partial charge in [0.1, 0.15) is 11.0 Å². The van der Waals surface area contributed by atoms with E-state index in [-0.39, 0.29) is 0 Å². The van der Waals surface area contributed by atoms with Crippen molar-refractivity contribution >= 4 is 38.7 Å². The maximum Gasteiger partial charge on any atom is 0.112 e. The molecule has 0 fully saturated rings. The van der Waals surface area contributed by atoms with Gasteiger partial charge < -0.3 is 0 Å². The molecule has 2 rings (SSSR count). The molecule has 0 aliphatic carbocycles. The van der Waals surface area contributed by atoms with Crippen LogP contribution in [0.5, 0.6) is 0 Å². The van der Waals surface area contributed by atoms with Gasteiger partial charge in [0, 0.05) is 10.7 Å². The van der Waals surface area contributed by atoms with Crippen LogP contribution in [-0.2, 0) is 5.88 Å². The third-order valence-corrected chi connectivity index (χ3v) is 3.09. The summed E-state index contributed by atoms with van der Waals surface area (Å²) in [4.78, 5) is 4.27. The molecule has 74 valence electrons. The maximum atomic E-state index is 4.41. The molecule has 0 N–H and O–H groups in total. The van der Waals surface area contributed by atoms with E-state index in [0.29, 0.717) is 0 Å². The Morgan fingerprint density at radius 1 is 1.50 bits per heavy atom. The first-order chi connectivity index (χ1) is 6.79. The zero-order valence-electron chi connectivity index (χ0n) is 7.77. The van der Waals surface area contributed by atoms with Gasteiger partial charge in [0.15, 0.2) is 0 Å². The molecule has 3 nitrogen and oxygen atoms in total. The second kappa shape index (κ2) is 4.31. The molecular formula is C9H10BrN3S. The second-order valence-electron chi connectivity index (χ2n) is 2.85. The standard InChI is InChI=1S/C9H10BrN3S/c1-2-14-6-13-5-9-8(12-13)3-7(10)4-11-9/h3-5H,2,6H2,1H3. The molecule has 0 unspecified atom stereocenters. The van der Waals surface area contributed by atoms with Crippen LogP contribution < -0.4 is 0 Å². The van der Waals surface area contributed by atoms with Crippen LogP contribution in [0.4, 0.5) is 0 Å². The Labute approximate surface area is 95.0 Å². The zero-order valence-corrected chi connectivity index (χ0v) is 10.2. The van der Waals surface area contributed by atoms with E-state index in [0.717, 1.165) is 27.1 Å². The van der Waals surface area contributed by atoms with Gasteiger partial charge in [0.05, 0.1) is 12.1 Å². The molecule has 2 aromatic rings. The van der Waals surface area contributed by atoms with Crippen LogP contribution in [0.3, 0.4) is 0 Å². The van der Waals surface area contributed by atoms with Crippen molar-refractivity contribution in [2.75, 3.05) is 5.75 Å². The van der Waals surface area contributed by atoms with Crippen molar-refractivity contribution in [3.05, 3.63) is 22.9 Å². The molecule has 0 bridgehead atoms. The number of pyridine rings is 1. The molecular weight excluding hydrogens is 262 g/mol. The minimum Gasteiger partial charge on any atom is -0.260 e. The van der Waals surface area contributed by atoms with Crippen LogP contribution in [0, 0.1) is 0 Å². The van der Waals surface area contributed by atoms with Crippen molar-refractivity contribution in [1.29, 1.82) is 0 Å². The van der Waals surface area contributed by atoms with Gasteiger partial charge in [0.2, 0.25) is 0 Å². The normalized spacial score (nSPS) is 11.0. The highest BCUT2D eigenvalue weighted by Crippen LogP contribution is 2.16. The second-order valence-corrected chi connectivity index (χ2v) is 5.01. The van der Waals surface area contributed by atoms with E-state index in [1.54, 1.807) is 6.20 Å². The highest BCUT2D eigenvalue weighted by Gasteiger charge is 2.01. The molecule has 14 heavy (non-hydrogen) atoms. The van der Waals surface area contributed by atoms with Crippen LogP contribution in [-0.4, -0.2) is 20.5 Å². The molecule has 2 heterocycles. The Hall–Kier alpha value is -0.550. The molecule has 0 radical (unpaired) electrons. The number of thioether (sulfide) groups is 1. The van der Waals surface area contributed by atoms with Crippen LogP contribution in [0.2, 0.25) is 0 Å². The van der Waals surface area contributed by atoms with E-state index in [2.05, 4.69) is 32.9 Å². The summed E-state index contributed by atoms with van der Waals surface area (Å²) in [7, 11) is 0. The van der Waals surface area contributed by atoms with Gasteiger partial charge in [-0.1, -0.05) is 6.92 Å². The zero-order chi connectivity index (χ0) is 9.97. The number of fused-ring (bicyclic) bond motifs is 1. The van der Waals surface area contributed by atoms with Gasteiger partial charge in [-0.05, 0) is 27.7 Å². The molecule has 0 saturated heterocycles. The van der Waals surface area contributed by atoms with E-state index in [1.165, 1.54) is 0 Å². The number of aromatic nitrogens is 3. The lowest BCUT2D eigenvalue weighted by Crippen LogP contribution is -1.94. The Balaban J connectivity index is 2.32. The number of hydrogen-bond donors (Lipinski definition) is 0. The lowest BCUT2D eigenvalue weighted by molar-refractivity contribution is 0.762. The fourth-order valence-corrected chi connectivity index (χ4v) is 2.00. The monoisotopic (exact) mass is 271 g/mol. The van der Waals surface area contributed by atoms with Crippen molar-refractivity contribution in [1.82, 2.24) is 14.8 Å². The lowest BCUT2D eigenvalue weighted by atomic mass is 10.4. The van der Waals surface area contributed by atoms with E-state index >= 15 is 0 Å². The molecule has 0 aliphatic rings. The van der Waals surface area contributed by atoms with E-state index in [4.69, 9.17) is 0 Å². The largest absolute Gasteiger partial charge is 0.260 e. The fourth-order valence-electron chi connectivity index (χ4n) is 1.18. The van der Waals surface area contributed by atoms with Crippen LogP contribution in [0.1, 0.15) is 6.92 Å². The summed E-state index contributed by atoms with van der Waals surface area (Å²) >= 11 is 5.22. The van der Waals surface area contributed by atoms with Gasteiger partial charge in [0.25, 0.3) is 0 Å². The summed E-state index contributed by atoms with van der Waals surface area (Å²) in [5.41, 5.74) is 1.89. The Bertz CT molecular complexity index is 441. The maximum absolute atomic E-state index is 4.41. The predicted octanol–water partition coefficient (Wildman–Crippen LogP) is 2.90. The summed E-state index contributed by atoms with van der Waals surface area (Å²) in [5, 5.41) is 4.41. The Morgan fingerprint density at radius 3 is 3.14 bits per heavy atom. The van der Waals surface area contributed by atoms with E-state index < -0.39 is 0 Å². The topological polar surface area (TPSA) is 30.7 Å². The number of hydrogen-bond acceptors (Lipinski definition) is 3. The minimum atomic E-state index is 0.893. The Kier molecular flexibility index (Phi) is 3.08. The average Bonchev–Trinajstić information content (AvgIpc) is 2.56. The first-order valence-corrected chi connectivity index (χ1v) is 6.31. The molecule has 0 atom stereocenters. The summed E-state index contributed by atoms with van der Waals surface area (Å²) in [5.74, 6) is 2.00. The van der Waals surface area contributed by atoms with Gasteiger partial charge in [-0.2, -0.15) is 5.10 Å². The van der Waals surface area contributed by atoms with Crippen molar-refractivity contribution in [2.24, 2.45) is 0 Å². The number of rotatable bonds is 3. The minimum absolute atomic E-state index is 0.893. The fraction of sp³-hybridized carbons (Fsp3) is 0.333. The third kappa shape index (κ3) is 2.09. The van der Waals surface area contributed by atoms with Crippen LogP contribution in [0.15, 0.2) is 22.9 Å². The highest BCUT2D eigenvalue weighted by molar-refractivity contribution is 9.10. The first-order valence-electron chi connectivity index (χ1n) is 4.36. The lowest BCUT2D eigenvalue weighted by Gasteiger charge is -1.96. The van der Waals surface area contributed by atoms with Gasteiger partial charge >= 0.3 is 0 Å². The molecule has 0 amide bonds. The molecule has 0 aliphatic heterocycles. The summed E-state index contributed by atoms with van der Waals surface area (Å²) < 4.78 is 2.90. The third-order valence-electron chi connectivity index (χ3n) is 1.80. The van der Waals surface area contributed by atoms with Crippen molar-refractivity contribution < 1.29 is 0 Å². The SMILES string of the molecule is CCSCn1cc2ncc(Br)cc2n1. The quantitative estimate of drug-likeness (QED) is 0.860. The van der Waals surface area contributed by atoms with Gasteiger partial charge in [-0.25, -0.2) is 0 Å². The smallest absolute Gasteiger partial charge is 0.112 e. The molecule has 5 heteroatoms. The number of halogens is 1. The molecule has 2 aromatic heterocycles. The molecule has 0 aromatic carbocycles. The summed E-state index contributed by atoms with van der Waals surface area (Å²) in [6.07, 6.45) is 3.77. The molecule has 0 spiro atoms. The van der Waals surface area contributed by atoms with Crippen molar-refractivity contribution in [2.45, 2.75) is 12.8 Å². The average molecular weight is 272 g/mol. The van der Waals surface area contributed by atoms with Crippen molar-refractivity contribution in [3.8, 4) is 0 Å². The summed E-state index contributed by atoms with van der Waals surface area (Å²) in [6.45, 7) is 2.14. The van der Waals surface area contributed by atoms with Gasteiger partial charge in [-0.3, -0.25) is 9.67 Å².